The number of nitrogens with zero attached hydrogens (tertiary/aromatic N) is 1. The number of halogens is 2. The maximum atomic E-state index is 11.9. The van der Waals surface area contributed by atoms with E-state index in [1.165, 1.54) is 6.07 Å². The zero-order chi connectivity index (χ0) is 14.7. The van der Waals surface area contributed by atoms with Crippen LogP contribution in [-0.4, -0.2) is 41.0 Å². The zero-order valence-electron chi connectivity index (χ0n) is 10.6. The molecule has 0 saturated carbocycles. The van der Waals surface area contributed by atoms with Crippen LogP contribution in [0.5, 0.6) is 0 Å². The van der Waals surface area contributed by atoms with Gasteiger partial charge in [0.2, 0.25) is 5.91 Å². The number of aliphatic carboxylic acids is 1. The third-order valence-corrected chi connectivity index (χ3v) is 3.75. The zero-order valence-corrected chi connectivity index (χ0v) is 12.1. The fourth-order valence-corrected chi connectivity index (χ4v) is 2.72. The van der Waals surface area contributed by atoms with Crippen molar-refractivity contribution in [2.45, 2.75) is 18.9 Å². The van der Waals surface area contributed by atoms with E-state index in [1.807, 2.05) is 0 Å². The van der Waals surface area contributed by atoms with Crippen molar-refractivity contribution in [2.24, 2.45) is 0 Å². The quantitative estimate of drug-likeness (QED) is 0.895. The van der Waals surface area contributed by atoms with Gasteiger partial charge in [0.15, 0.2) is 0 Å². The Bertz CT molecular complexity index is 536. The topological polar surface area (TPSA) is 69.6 Å². The monoisotopic (exact) mass is 316 g/mol. The van der Waals surface area contributed by atoms with Gasteiger partial charge < -0.3 is 10.4 Å². The second kappa shape index (κ2) is 6.43. The molecule has 1 fully saturated rings. The van der Waals surface area contributed by atoms with Crippen molar-refractivity contribution in [3.63, 3.8) is 0 Å². The maximum Gasteiger partial charge on any atom is 0.320 e. The summed E-state index contributed by atoms with van der Waals surface area (Å²) in [6.45, 7) is 0.647. The summed E-state index contributed by atoms with van der Waals surface area (Å²) in [7, 11) is 0. The van der Waals surface area contributed by atoms with E-state index < -0.39 is 12.0 Å². The van der Waals surface area contributed by atoms with Crippen LogP contribution >= 0.6 is 23.2 Å². The number of carbonyl (C=O) groups is 2. The third kappa shape index (κ3) is 3.62. The summed E-state index contributed by atoms with van der Waals surface area (Å²) in [6, 6.07) is 4.19. The van der Waals surface area contributed by atoms with Crippen LogP contribution in [0.4, 0.5) is 5.69 Å². The Kier molecular flexibility index (Phi) is 4.86. The number of anilines is 1. The van der Waals surface area contributed by atoms with Crippen LogP contribution in [0.15, 0.2) is 18.2 Å². The Hall–Kier alpha value is -1.30. The highest BCUT2D eigenvalue weighted by Gasteiger charge is 2.31. The lowest BCUT2D eigenvalue weighted by molar-refractivity contribution is -0.142. The first-order chi connectivity index (χ1) is 9.47. The molecule has 1 atom stereocenters. The van der Waals surface area contributed by atoms with Crippen molar-refractivity contribution in [1.29, 1.82) is 0 Å². The molecular formula is C13H14Cl2N2O3. The van der Waals surface area contributed by atoms with Crippen molar-refractivity contribution in [3.8, 4) is 0 Å². The highest BCUT2D eigenvalue weighted by Crippen LogP contribution is 2.25. The summed E-state index contributed by atoms with van der Waals surface area (Å²) in [5.41, 5.74) is 0.465. The van der Waals surface area contributed by atoms with Gasteiger partial charge in [0.1, 0.15) is 6.04 Å². The molecule has 2 N–H and O–H groups in total. The largest absolute Gasteiger partial charge is 0.480 e. The first kappa shape index (κ1) is 15.1. The SMILES string of the molecule is O=C(CN1CCC[C@H]1C(=O)O)Nc1ccc(Cl)cc1Cl. The van der Waals surface area contributed by atoms with Gasteiger partial charge in [-0.15, -0.1) is 0 Å². The Labute approximate surface area is 126 Å². The fraction of sp³-hybridized carbons (Fsp3) is 0.385. The molecule has 1 saturated heterocycles. The predicted octanol–water partition coefficient (Wildman–Crippen LogP) is 2.48. The normalized spacial score (nSPS) is 19.0. The molecule has 0 bridgehead atoms. The van der Waals surface area contributed by atoms with E-state index in [0.717, 1.165) is 6.42 Å². The molecule has 1 aliphatic heterocycles. The van der Waals surface area contributed by atoms with E-state index in [2.05, 4.69) is 5.32 Å². The van der Waals surface area contributed by atoms with Gasteiger partial charge >= 0.3 is 5.97 Å². The van der Waals surface area contributed by atoms with Crippen LogP contribution in [0.2, 0.25) is 10.0 Å². The summed E-state index contributed by atoms with van der Waals surface area (Å²) < 4.78 is 0. The van der Waals surface area contributed by atoms with Crippen LogP contribution in [0.1, 0.15) is 12.8 Å². The predicted molar refractivity (Wildman–Crippen MR) is 77.3 cm³/mol. The van der Waals surface area contributed by atoms with Crippen molar-refractivity contribution >= 4 is 40.8 Å². The molecule has 5 nitrogen and oxygen atoms in total. The van der Waals surface area contributed by atoms with Crippen molar-refractivity contribution in [3.05, 3.63) is 28.2 Å². The van der Waals surface area contributed by atoms with Crippen molar-refractivity contribution in [1.82, 2.24) is 4.90 Å². The third-order valence-electron chi connectivity index (χ3n) is 3.20. The molecule has 20 heavy (non-hydrogen) atoms. The number of benzene rings is 1. The molecule has 7 heteroatoms. The van der Waals surface area contributed by atoms with E-state index in [4.69, 9.17) is 28.3 Å². The Morgan fingerprint density at radius 1 is 1.40 bits per heavy atom. The highest BCUT2D eigenvalue weighted by atomic mass is 35.5. The van der Waals surface area contributed by atoms with Gasteiger partial charge in [-0.2, -0.15) is 0 Å². The van der Waals surface area contributed by atoms with Gasteiger partial charge in [-0.25, -0.2) is 0 Å². The second-order valence-electron chi connectivity index (χ2n) is 4.64. The van der Waals surface area contributed by atoms with Crippen LogP contribution in [0.25, 0.3) is 0 Å². The number of rotatable bonds is 4. The van der Waals surface area contributed by atoms with Crippen LogP contribution in [-0.2, 0) is 9.59 Å². The van der Waals surface area contributed by atoms with Gasteiger partial charge in [0.05, 0.1) is 17.3 Å². The van der Waals surface area contributed by atoms with Gasteiger partial charge in [-0.1, -0.05) is 23.2 Å². The molecule has 0 aromatic heterocycles. The molecule has 0 radical (unpaired) electrons. The van der Waals surface area contributed by atoms with E-state index in [1.54, 1.807) is 17.0 Å². The molecule has 1 aromatic rings. The Morgan fingerprint density at radius 3 is 2.80 bits per heavy atom. The summed E-state index contributed by atoms with van der Waals surface area (Å²) >= 11 is 11.7. The maximum absolute atomic E-state index is 11.9. The van der Waals surface area contributed by atoms with E-state index in [9.17, 15) is 9.59 Å². The lowest BCUT2D eigenvalue weighted by atomic mass is 10.2. The fourth-order valence-electron chi connectivity index (χ4n) is 2.26. The smallest absolute Gasteiger partial charge is 0.320 e. The number of carboxylic acid groups (broad SMARTS) is 1. The summed E-state index contributed by atoms with van der Waals surface area (Å²) in [4.78, 5) is 24.6. The number of nitrogens with one attached hydrogen (secondary N) is 1. The lowest BCUT2D eigenvalue weighted by Gasteiger charge is -2.20. The highest BCUT2D eigenvalue weighted by molar-refractivity contribution is 6.36. The van der Waals surface area contributed by atoms with Crippen molar-refractivity contribution < 1.29 is 14.7 Å². The van der Waals surface area contributed by atoms with E-state index in [0.29, 0.717) is 28.7 Å². The molecule has 0 unspecified atom stereocenters. The van der Waals surface area contributed by atoms with E-state index >= 15 is 0 Å². The minimum Gasteiger partial charge on any atom is -0.480 e. The van der Waals surface area contributed by atoms with Crippen LogP contribution in [0, 0.1) is 0 Å². The molecule has 2 rings (SSSR count). The molecule has 1 amide bonds. The van der Waals surface area contributed by atoms with Crippen molar-refractivity contribution in [2.75, 3.05) is 18.4 Å². The molecule has 1 aromatic carbocycles. The summed E-state index contributed by atoms with van der Waals surface area (Å²) in [6.07, 6.45) is 1.36. The van der Waals surface area contributed by atoms with Crippen LogP contribution < -0.4 is 5.32 Å². The minimum absolute atomic E-state index is 0.0376. The first-order valence-electron chi connectivity index (χ1n) is 6.19. The number of hydrogen-bond acceptors (Lipinski definition) is 3. The lowest BCUT2D eigenvalue weighted by Crippen LogP contribution is -2.40. The number of amides is 1. The Balaban J connectivity index is 1.97. The van der Waals surface area contributed by atoms with Crippen LogP contribution in [0.3, 0.4) is 0 Å². The number of carbonyl (C=O) groups excluding carboxylic acids is 1. The van der Waals surface area contributed by atoms with E-state index in [-0.39, 0.29) is 12.5 Å². The minimum atomic E-state index is -0.889. The molecule has 0 aliphatic carbocycles. The van der Waals surface area contributed by atoms with Gasteiger partial charge in [-0.05, 0) is 37.6 Å². The number of carboxylic acids is 1. The molecule has 1 aliphatic rings. The second-order valence-corrected chi connectivity index (χ2v) is 5.48. The summed E-state index contributed by atoms with van der Waals surface area (Å²) in [5, 5.41) is 12.5. The van der Waals surface area contributed by atoms with Gasteiger partial charge in [0, 0.05) is 5.02 Å². The Morgan fingerprint density at radius 2 is 2.15 bits per heavy atom. The molecular weight excluding hydrogens is 303 g/mol. The average molecular weight is 317 g/mol. The standard InChI is InChI=1S/C13H14Cl2N2O3/c14-8-3-4-10(9(15)6-8)16-12(18)7-17-5-1-2-11(17)13(19)20/h3-4,6,11H,1-2,5,7H2,(H,16,18)(H,19,20)/t11-/m0/s1. The molecule has 1 heterocycles. The van der Waals surface area contributed by atoms with Gasteiger partial charge in [-0.3, -0.25) is 14.5 Å². The molecule has 0 spiro atoms. The summed E-state index contributed by atoms with van der Waals surface area (Å²) in [5.74, 6) is -1.18. The number of hydrogen-bond donors (Lipinski definition) is 2. The average Bonchev–Trinajstić information content (AvgIpc) is 2.81. The first-order valence-corrected chi connectivity index (χ1v) is 6.94. The van der Waals surface area contributed by atoms with Gasteiger partial charge in [0.25, 0.3) is 0 Å². The molecule has 108 valence electrons. The number of likely N-dealkylation sites (tertiary alicyclic amines) is 1.